The molecule has 0 fully saturated rings. The van der Waals surface area contributed by atoms with Gasteiger partial charge in [-0.1, -0.05) is 60.7 Å². The second-order valence-corrected chi connectivity index (χ2v) is 6.24. The molecule has 0 spiro atoms. The molecule has 0 aliphatic rings. The number of aryl methyl sites for hydroxylation is 2. The smallest absolute Gasteiger partial charge is 0.338 e. The van der Waals surface area contributed by atoms with Crippen LogP contribution in [0.25, 0.3) is 11.1 Å². The standard InChI is InChI=1S/C23H20O3/c1-16-8-9-21(14-17(16)2)23(25)26-15-22(24)20-12-10-19(11-13-20)18-6-4-3-5-7-18/h3-14H,15H2,1-2H3. The molecule has 0 aliphatic heterocycles. The van der Waals surface area contributed by atoms with Gasteiger partial charge in [0.15, 0.2) is 12.4 Å². The van der Waals surface area contributed by atoms with E-state index in [0.717, 1.165) is 22.3 Å². The number of esters is 1. The Labute approximate surface area is 153 Å². The van der Waals surface area contributed by atoms with Gasteiger partial charge in [-0.25, -0.2) is 4.79 Å². The van der Waals surface area contributed by atoms with Crippen molar-refractivity contribution in [2.75, 3.05) is 6.61 Å². The molecular formula is C23H20O3. The Morgan fingerprint density at radius 3 is 2.00 bits per heavy atom. The third kappa shape index (κ3) is 4.06. The predicted molar refractivity (Wildman–Crippen MR) is 102 cm³/mol. The zero-order valence-corrected chi connectivity index (χ0v) is 14.9. The lowest BCUT2D eigenvalue weighted by Gasteiger charge is -2.07. The molecule has 0 bridgehead atoms. The van der Waals surface area contributed by atoms with Crippen molar-refractivity contribution in [3.63, 3.8) is 0 Å². The van der Waals surface area contributed by atoms with Crippen LogP contribution < -0.4 is 0 Å². The lowest BCUT2D eigenvalue weighted by Crippen LogP contribution is -2.14. The molecule has 0 saturated carbocycles. The van der Waals surface area contributed by atoms with E-state index in [1.807, 2.05) is 62.4 Å². The number of ether oxygens (including phenoxy) is 1. The highest BCUT2D eigenvalue weighted by Crippen LogP contribution is 2.19. The molecule has 0 N–H and O–H groups in total. The molecule has 3 rings (SSSR count). The van der Waals surface area contributed by atoms with E-state index < -0.39 is 5.97 Å². The van der Waals surface area contributed by atoms with Gasteiger partial charge in [-0.3, -0.25) is 4.79 Å². The number of benzene rings is 3. The first-order valence-electron chi connectivity index (χ1n) is 8.47. The Balaban J connectivity index is 1.63. The van der Waals surface area contributed by atoms with E-state index in [4.69, 9.17) is 4.74 Å². The van der Waals surface area contributed by atoms with Gasteiger partial charge in [0.25, 0.3) is 0 Å². The van der Waals surface area contributed by atoms with E-state index >= 15 is 0 Å². The third-order valence-electron chi connectivity index (χ3n) is 4.39. The molecule has 130 valence electrons. The predicted octanol–water partition coefficient (Wildman–Crippen LogP) is 5.01. The highest BCUT2D eigenvalue weighted by Gasteiger charge is 2.12. The molecule has 3 aromatic carbocycles. The van der Waals surface area contributed by atoms with Crippen LogP contribution in [0.5, 0.6) is 0 Å². The van der Waals surface area contributed by atoms with Crippen LogP contribution in [-0.2, 0) is 4.74 Å². The normalized spacial score (nSPS) is 10.4. The number of carbonyl (C=O) groups is 2. The van der Waals surface area contributed by atoms with Gasteiger partial charge >= 0.3 is 5.97 Å². The maximum atomic E-state index is 12.3. The summed E-state index contributed by atoms with van der Waals surface area (Å²) in [6, 6.07) is 22.6. The summed E-state index contributed by atoms with van der Waals surface area (Å²) < 4.78 is 5.17. The van der Waals surface area contributed by atoms with Gasteiger partial charge < -0.3 is 4.74 Å². The Bertz CT molecular complexity index is 925. The first-order valence-corrected chi connectivity index (χ1v) is 8.47. The van der Waals surface area contributed by atoms with Crippen molar-refractivity contribution in [3.8, 4) is 11.1 Å². The summed E-state index contributed by atoms with van der Waals surface area (Å²) in [6.45, 7) is 3.65. The quantitative estimate of drug-likeness (QED) is 0.483. The first kappa shape index (κ1) is 17.6. The largest absolute Gasteiger partial charge is 0.454 e. The van der Waals surface area contributed by atoms with Gasteiger partial charge in [-0.15, -0.1) is 0 Å². The van der Waals surface area contributed by atoms with Crippen LogP contribution in [0.15, 0.2) is 72.8 Å². The lowest BCUT2D eigenvalue weighted by atomic mass is 10.0. The van der Waals surface area contributed by atoms with Crippen molar-refractivity contribution in [2.24, 2.45) is 0 Å². The zero-order valence-electron chi connectivity index (χ0n) is 14.9. The van der Waals surface area contributed by atoms with E-state index in [1.54, 1.807) is 24.3 Å². The van der Waals surface area contributed by atoms with Gasteiger partial charge in [-0.05, 0) is 48.2 Å². The molecule has 0 unspecified atom stereocenters. The molecule has 26 heavy (non-hydrogen) atoms. The molecule has 3 heteroatoms. The minimum Gasteiger partial charge on any atom is -0.454 e. The number of hydrogen-bond donors (Lipinski definition) is 0. The second-order valence-electron chi connectivity index (χ2n) is 6.24. The van der Waals surface area contributed by atoms with Crippen LogP contribution in [0.3, 0.4) is 0 Å². The summed E-state index contributed by atoms with van der Waals surface area (Å²) in [5.41, 5.74) is 5.23. The second kappa shape index (κ2) is 7.79. The van der Waals surface area contributed by atoms with E-state index in [1.165, 1.54) is 0 Å². The number of ketones is 1. The average molecular weight is 344 g/mol. The van der Waals surface area contributed by atoms with E-state index in [2.05, 4.69) is 0 Å². The van der Waals surface area contributed by atoms with Gasteiger partial charge in [0.2, 0.25) is 0 Å². The van der Waals surface area contributed by atoms with Crippen LogP contribution in [0, 0.1) is 13.8 Å². The topological polar surface area (TPSA) is 43.4 Å². The van der Waals surface area contributed by atoms with Crippen molar-refractivity contribution in [2.45, 2.75) is 13.8 Å². The zero-order chi connectivity index (χ0) is 18.5. The number of carbonyl (C=O) groups excluding carboxylic acids is 2. The molecule has 3 nitrogen and oxygen atoms in total. The van der Waals surface area contributed by atoms with E-state index in [9.17, 15) is 9.59 Å². The summed E-state index contributed by atoms with van der Waals surface area (Å²) in [5, 5.41) is 0. The maximum absolute atomic E-state index is 12.3. The number of Topliss-reactive ketones (excluding diaryl/α,β-unsaturated/α-hetero) is 1. The van der Waals surface area contributed by atoms with Crippen LogP contribution in [0.2, 0.25) is 0 Å². The highest BCUT2D eigenvalue weighted by atomic mass is 16.5. The van der Waals surface area contributed by atoms with Gasteiger partial charge in [0, 0.05) is 5.56 Å². The minimum atomic E-state index is -0.484. The summed E-state index contributed by atoms with van der Waals surface area (Å²) in [4.78, 5) is 24.4. The summed E-state index contributed by atoms with van der Waals surface area (Å²) in [6.07, 6.45) is 0. The summed E-state index contributed by atoms with van der Waals surface area (Å²) >= 11 is 0. The Morgan fingerprint density at radius 2 is 1.35 bits per heavy atom. The van der Waals surface area contributed by atoms with Gasteiger partial charge in [-0.2, -0.15) is 0 Å². The van der Waals surface area contributed by atoms with Crippen LogP contribution in [0.1, 0.15) is 31.8 Å². The molecule has 0 radical (unpaired) electrons. The Hall–Kier alpha value is -3.20. The minimum absolute atomic E-state index is 0.221. The fourth-order valence-corrected chi connectivity index (χ4v) is 2.65. The monoisotopic (exact) mass is 344 g/mol. The molecule has 0 heterocycles. The molecule has 0 amide bonds. The third-order valence-corrected chi connectivity index (χ3v) is 4.39. The van der Waals surface area contributed by atoms with Crippen molar-refractivity contribution >= 4 is 11.8 Å². The van der Waals surface area contributed by atoms with Gasteiger partial charge in [0.1, 0.15) is 0 Å². The Morgan fingerprint density at radius 1 is 0.731 bits per heavy atom. The fraction of sp³-hybridized carbons (Fsp3) is 0.130. The van der Waals surface area contributed by atoms with Crippen molar-refractivity contribution in [1.82, 2.24) is 0 Å². The number of rotatable bonds is 5. The van der Waals surface area contributed by atoms with Crippen molar-refractivity contribution in [3.05, 3.63) is 95.1 Å². The number of hydrogen-bond acceptors (Lipinski definition) is 3. The first-order chi connectivity index (χ1) is 12.5. The summed E-state index contributed by atoms with van der Waals surface area (Å²) in [7, 11) is 0. The maximum Gasteiger partial charge on any atom is 0.338 e. The molecule has 0 saturated heterocycles. The Kier molecular flexibility index (Phi) is 5.28. The molecule has 0 atom stereocenters. The van der Waals surface area contributed by atoms with Crippen LogP contribution in [0.4, 0.5) is 0 Å². The van der Waals surface area contributed by atoms with E-state index in [0.29, 0.717) is 11.1 Å². The van der Waals surface area contributed by atoms with E-state index in [-0.39, 0.29) is 12.4 Å². The SMILES string of the molecule is Cc1ccc(C(=O)OCC(=O)c2ccc(-c3ccccc3)cc2)cc1C. The summed E-state index contributed by atoms with van der Waals surface area (Å²) in [5.74, 6) is -0.704. The molecule has 3 aromatic rings. The lowest BCUT2D eigenvalue weighted by molar-refractivity contribution is 0.0474. The van der Waals surface area contributed by atoms with Crippen LogP contribution in [-0.4, -0.2) is 18.4 Å². The fourth-order valence-electron chi connectivity index (χ4n) is 2.65. The highest BCUT2D eigenvalue weighted by molar-refractivity contribution is 5.99. The molecule has 0 aromatic heterocycles. The molecular weight excluding hydrogens is 324 g/mol. The van der Waals surface area contributed by atoms with Gasteiger partial charge in [0.05, 0.1) is 5.56 Å². The van der Waals surface area contributed by atoms with Crippen molar-refractivity contribution in [1.29, 1.82) is 0 Å². The van der Waals surface area contributed by atoms with Crippen LogP contribution >= 0.6 is 0 Å². The average Bonchev–Trinajstić information content (AvgIpc) is 2.68. The molecule has 0 aliphatic carbocycles. The van der Waals surface area contributed by atoms with Crippen molar-refractivity contribution < 1.29 is 14.3 Å².